The number of benzene rings is 2. The molecule has 3 N–H and O–H groups in total. The molecule has 202 valence electrons. The van der Waals surface area contributed by atoms with Crippen molar-refractivity contribution in [2.24, 2.45) is 0 Å². The number of aliphatic hydroxyl groups is 1. The predicted octanol–water partition coefficient (Wildman–Crippen LogP) is 2.66. The van der Waals surface area contributed by atoms with Crippen LogP contribution in [0.2, 0.25) is 0 Å². The first-order chi connectivity index (χ1) is 17.9. The van der Waals surface area contributed by atoms with Crippen LogP contribution in [-0.2, 0) is 23.8 Å². The minimum atomic E-state index is -1.53. The van der Waals surface area contributed by atoms with Gasteiger partial charge in [-0.25, -0.2) is 4.79 Å². The molecule has 10 nitrogen and oxygen atoms in total. The summed E-state index contributed by atoms with van der Waals surface area (Å²) in [4.78, 5) is 37.7. The Bertz CT molecular complexity index is 1320. The molecule has 2 aromatic rings. The average molecular weight is 527 g/mol. The lowest BCUT2D eigenvalue weighted by atomic mass is 9.71. The second-order valence-electron chi connectivity index (χ2n) is 9.73. The molecule has 1 aliphatic carbocycles. The van der Waals surface area contributed by atoms with E-state index in [9.17, 15) is 29.7 Å². The number of ketones is 1. The summed E-state index contributed by atoms with van der Waals surface area (Å²) in [6.45, 7) is 6.11. The quantitative estimate of drug-likeness (QED) is 0.392. The van der Waals surface area contributed by atoms with Crippen LogP contribution in [-0.4, -0.2) is 71.2 Å². The number of aromatic hydroxyl groups is 2. The predicted molar refractivity (Wildman–Crippen MR) is 133 cm³/mol. The first-order valence-corrected chi connectivity index (χ1v) is 12.0. The number of fused-ring (bicyclic) bond motifs is 2. The third kappa shape index (κ3) is 4.97. The lowest BCUT2D eigenvalue weighted by Gasteiger charge is -2.43. The number of hydrogen-bond donors (Lipinski definition) is 3. The summed E-state index contributed by atoms with van der Waals surface area (Å²) < 4.78 is 22.2. The number of aliphatic hydroxyl groups excluding tert-OH is 1. The van der Waals surface area contributed by atoms with Crippen LogP contribution in [0.4, 0.5) is 0 Å². The highest BCUT2D eigenvalue weighted by atomic mass is 16.6. The molecule has 38 heavy (non-hydrogen) atoms. The molecule has 1 aliphatic heterocycles. The molecule has 0 aromatic heterocycles. The second kappa shape index (κ2) is 10.5. The Balaban J connectivity index is 1.87. The third-order valence-corrected chi connectivity index (χ3v) is 6.57. The summed E-state index contributed by atoms with van der Waals surface area (Å²) in [6, 6.07) is 5.95. The van der Waals surface area contributed by atoms with Crippen LogP contribution in [0.15, 0.2) is 35.9 Å². The van der Waals surface area contributed by atoms with Gasteiger partial charge in [-0.1, -0.05) is 11.6 Å². The van der Waals surface area contributed by atoms with Gasteiger partial charge in [0.25, 0.3) is 0 Å². The zero-order valence-electron chi connectivity index (χ0n) is 21.7. The molecule has 0 unspecified atom stereocenters. The highest BCUT2D eigenvalue weighted by molar-refractivity contribution is 6.16. The normalized spacial score (nSPS) is 24.1. The summed E-state index contributed by atoms with van der Waals surface area (Å²) >= 11 is 0. The number of rotatable bonds is 5. The number of carbonyl (C=O) groups excluding carboxylic acids is 3. The Morgan fingerprint density at radius 3 is 2.24 bits per heavy atom. The van der Waals surface area contributed by atoms with Gasteiger partial charge in [-0.3, -0.25) is 9.59 Å². The number of phenols is 2. The molecule has 0 radical (unpaired) electrons. The summed E-state index contributed by atoms with van der Waals surface area (Å²) in [5.41, 5.74) is 1.86. The zero-order chi connectivity index (χ0) is 27.9. The number of aryl methyl sites for hydroxylation is 1. The summed E-state index contributed by atoms with van der Waals surface area (Å²) in [6.07, 6.45) is -3.82. The van der Waals surface area contributed by atoms with Gasteiger partial charge in [-0.05, 0) is 49.6 Å². The molecule has 2 aromatic carbocycles. The number of phenolic OH excluding ortho intramolecular Hbond substituents is 2. The Hall–Kier alpha value is -3.89. The van der Waals surface area contributed by atoms with Gasteiger partial charge in [-0.2, -0.15) is 0 Å². The van der Waals surface area contributed by atoms with Gasteiger partial charge in [-0.15, -0.1) is 0 Å². The van der Waals surface area contributed by atoms with Gasteiger partial charge >= 0.3 is 11.9 Å². The number of methoxy groups -OCH3 is 1. The van der Waals surface area contributed by atoms with E-state index in [2.05, 4.69) is 0 Å². The molecular formula is C28H30O10. The van der Waals surface area contributed by atoms with Gasteiger partial charge < -0.3 is 34.3 Å². The summed E-state index contributed by atoms with van der Waals surface area (Å²) in [5.74, 6) is -3.28. The molecular weight excluding hydrogens is 496 g/mol. The largest absolute Gasteiger partial charge is 0.507 e. The van der Waals surface area contributed by atoms with Gasteiger partial charge in [0.2, 0.25) is 5.78 Å². The number of allylic oxidation sites excluding steroid dienone is 1. The summed E-state index contributed by atoms with van der Waals surface area (Å²) in [5, 5.41) is 33.1. The van der Waals surface area contributed by atoms with Crippen molar-refractivity contribution in [2.75, 3.05) is 13.7 Å². The maximum Gasteiger partial charge on any atom is 0.331 e. The third-order valence-electron chi connectivity index (χ3n) is 6.57. The van der Waals surface area contributed by atoms with Gasteiger partial charge in [0.05, 0.1) is 30.9 Å². The van der Waals surface area contributed by atoms with Crippen LogP contribution in [0.1, 0.15) is 59.3 Å². The molecule has 0 bridgehead atoms. The van der Waals surface area contributed by atoms with Crippen LogP contribution >= 0.6 is 0 Å². The number of hydrogen-bond acceptors (Lipinski definition) is 10. The standard InChI is InChI=1S/C28H30O10/c1-12(2)6-21(32)38-27-20(37-14(4)29)11-36-28(26(27)34)22-16-7-13(3)8-18(30)23(16)25(33)24-17(22)9-15(35-5)10-19(24)31/h6-10,20,22,26-28,30-31,34H,11H2,1-5H3/t20-,22-,26+,27-,28+/m0/s1. The molecule has 2 aliphatic rings. The van der Waals surface area contributed by atoms with E-state index in [0.717, 1.165) is 0 Å². The van der Waals surface area contributed by atoms with Crippen molar-refractivity contribution in [1.82, 2.24) is 0 Å². The zero-order valence-corrected chi connectivity index (χ0v) is 21.7. The maximum absolute atomic E-state index is 13.5. The highest BCUT2D eigenvalue weighted by Gasteiger charge is 2.50. The van der Waals surface area contributed by atoms with Crippen LogP contribution in [0.25, 0.3) is 0 Å². The SMILES string of the molecule is COc1cc(O)c2c(c1)[C@@H]([C@H]1OC[C@H](OC(C)=O)[C@H](OC(=O)C=C(C)C)[C@H]1O)c1cc(C)cc(O)c1C2=O. The maximum atomic E-state index is 13.5. The molecule has 10 heteroatoms. The van der Waals surface area contributed by atoms with Crippen LogP contribution in [0, 0.1) is 6.92 Å². The molecule has 5 atom stereocenters. The fourth-order valence-corrected chi connectivity index (χ4v) is 5.13. The second-order valence-corrected chi connectivity index (χ2v) is 9.73. The number of esters is 2. The van der Waals surface area contributed by atoms with Crippen molar-refractivity contribution in [3.63, 3.8) is 0 Å². The van der Waals surface area contributed by atoms with E-state index >= 15 is 0 Å². The van der Waals surface area contributed by atoms with Crippen LogP contribution in [0.5, 0.6) is 17.2 Å². The van der Waals surface area contributed by atoms with E-state index in [4.69, 9.17) is 18.9 Å². The molecule has 4 rings (SSSR count). The minimum Gasteiger partial charge on any atom is -0.507 e. The fraction of sp³-hybridized carbons (Fsp3) is 0.393. The van der Waals surface area contributed by atoms with Crippen molar-refractivity contribution < 1.29 is 48.7 Å². The fourth-order valence-electron chi connectivity index (χ4n) is 5.13. The minimum absolute atomic E-state index is 0.0374. The molecule has 1 heterocycles. The first-order valence-electron chi connectivity index (χ1n) is 12.0. The lowest BCUT2D eigenvalue weighted by molar-refractivity contribution is -0.217. The molecule has 1 fully saturated rings. The van der Waals surface area contributed by atoms with E-state index in [-0.39, 0.29) is 35.0 Å². The number of ether oxygens (including phenoxy) is 4. The lowest BCUT2D eigenvalue weighted by Crippen LogP contribution is -2.58. The van der Waals surface area contributed by atoms with Crippen molar-refractivity contribution in [1.29, 1.82) is 0 Å². The monoisotopic (exact) mass is 526 g/mol. The van der Waals surface area contributed by atoms with E-state index in [0.29, 0.717) is 22.3 Å². The summed E-state index contributed by atoms with van der Waals surface area (Å²) in [7, 11) is 1.40. The van der Waals surface area contributed by atoms with Crippen LogP contribution < -0.4 is 4.74 Å². The van der Waals surface area contributed by atoms with Crippen LogP contribution in [0.3, 0.4) is 0 Å². The number of carbonyl (C=O) groups is 3. The van der Waals surface area contributed by atoms with E-state index in [1.165, 1.54) is 32.2 Å². The Kier molecular flexibility index (Phi) is 7.48. The van der Waals surface area contributed by atoms with Crippen molar-refractivity contribution in [3.05, 3.63) is 63.7 Å². The molecule has 0 spiro atoms. The van der Waals surface area contributed by atoms with Crippen molar-refractivity contribution in [3.8, 4) is 17.2 Å². The molecule has 0 saturated carbocycles. The Morgan fingerprint density at radius 1 is 1.00 bits per heavy atom. The topological polar surface area (TPSA) is 149 Å². The average Bonchev–Trinajstić information content (AvgIpc) is 2.80. The highest BCUT2D eigenvalue weighted by Crippen LogP contribution is 2.48. The van der Waals surface area contributed by atoms with Gasteiger partial charge in [0.15, 0.2) is 12.2 Å². The Labute approximate surface area is 219 Å². The van der Waals surface area contributed by atoms with Crippen molar-refractivity contribution in [2.45, 2.75) is 58.0 Å². The van der Waals surface area contributed by atoms with E-state index in [1.54, 1.807) is 32.9 Å². The molecule has 1 saturated heterocycles. The Morgan fingerprint density at radius 2 is 1.63 bits per heavy atom. The first kappa shape index (κ1) is 27.2. The smallest absolute Gasteiger partial charge is 0.331 e. The molecule has 0 amide bonds. The van der Waals surface area contributed by atoms with Crippen molar-refractivity contribution >= 4 is 17.7 Å². The van der Waals surface area contributed by atoms with E-state index < -0.39 is 48.1 Å². The van der Waals surface area contributed by atoms with E-state index in [1.807, 2.05) is 0 Å². The van der Waals surface area contributed by atoms with Gasteiger partial charge in [0, 0.05) is 25.0 Å². The van der Waals surface area contributed by atoms with Gasteiger partial charge in [0.1, 0.15) is 23.4 Å².